The van der Waals surface area contributed by atoms with Crippen LogP contribution in [0.5, 0.6) is 0 Å². The van der Waals surface area contributed by atoms with Gasteiger partial charge in [-0.05, 0) is 19.1 Å². The van der Waals surface area contributed by atoms with Crippen LogP contribution in [0.25, 0.3) is 0 Å². The van der Waals surface area contributed by atoms with Crippen molar-refractivity contribution in [1.29, 1.82) is 0 Å². The topological polar surface area (TPSA) is 81.0 Å². The van der Waals surface area contributed by atoms with Gasteiger partial charge in [-0.2, -0.15) is 4.98 Å². The summed E-state index contributed by atoms with van der Waals surface area (Å²) in [6.45, 7) is 2.44. The maximum atomic E-state index is 13.6. The van der Waals surface area contributed by atoms with Crippen LogP contribution in [-0.4, -0.2) is 21.4 Å². The second kappa shape index (κ2) is 6.29. The van der Waals surface area contributed by atoms with Crippen LogP contribution < -0.4 is 5.32 Å². The highest BCUT2D eigenvalue weighted by Crippen LogP contribution is 2.34. The first-order valence-corrected chi connectivity index (χ1v) is 6.61. The van der Waals surface area contributed by atoms with Crippen molar-refractivity contribution in [1.82, 2.24) is 9.97 Å². The molecule has 2 rings (SSSR count). The number of nitrogens with one attached hydrogen (secondary N) is 1. The number of anilines is 1. The maximum Gasteiger partial charge on any atom is 0.320 e. The second-order valence-corrected chi connectivity index (χ2v) is 4.73. The Bertz CT molecular complexity index is 639. The van der Waals surface area contributed by atoms with E-state index in [9.17, 15) is 14.5 Å². The second-order valence-electron chi connectivity index (χ2n) is 3.70. The van der Waals surface area contributed by atoms with Crippen molar-refractivity contribution in [2.24, 2.45) is 0 Å². The monoisotopic (exact) mass is 294 g/mol. The third kappa shape index (κ3) is 3.21. The van der Waals surface area contributed by atoms with Crippen LogP contribution in [0, 0.1) is 15.9 Å². The summed E-state index contributed by atoms with van der Waals surface area (Å²) in [4.78, 5) is 18.6. The van der Waals surface area contributed by atoms with Crippen LogP contribution in [0.2, 0.25) is 0 Å². The minimum absolute atomic E-state index is 0.103. The first-order chi connectivity index (χ1) is 9.61. The minimum atomic E-state index is -0.584. The summed E-state index contributed by atoms with van der Waals surface area (Å²) in [6, 6.07) is 6.04. The fraction of sp³-hybridized carbons (Fsp3) is 0.167. The Hall–Kier alpha value is -2.22. The Balaban J connectivity index is 2.40. The molecule has 0 aliphatic rings. The molecule has 1 aromatic carbocycles. The molecule has 8 heteroatoms. The average molecular weight is 294 g/mol. The summed E-state index contributed by atoms with van der Waals surface area (Å²) in [5, 5.41) is 13.9. The molecule has 0 aliphatic heterocycles. The van der Waals surface area contributed by atoms with Gasteiger partial charge in [-0.3, -0.25) is 10.1 Å². The standard InChI is InChI=1S/C12H11FN4O2S/c1-2-14-12-15-7-9(17(18)19)11(16-12)20-10-6-4-3-5-8(10)13/h3-7H,2H2,1H3,(H,14,15,16). The molecule has 1 heterocycles. The number of nitro groups is 1. The van der Waals surface area contributed by atoms with Gasteiger partial charge in [0, 0.05) is 11.4 Å². The summed E-state index contributed by atoms with van der Waals surface area (Å²) in [5.41, 5.74) is -0.250. The Morgan fingerprint density at radius 3 is 2.85 bits per heavy atom. The summed E-state index contributed by atoms with van der Waals surface area (Å²) < 4.78 is 13.6. The molecule has 0 radical (unpaired) electrons. The Morgan fingerprint density at radius 1 is 1.45 bits per heavy atom. The van der Waals surface area contributed by atoms with Crippen molar-refractivity contribution in [2.45, 2.75) is 16.8 Å². The van der Waals surface area contributed by atoms with Gasteiger partial charge in [0.05, 0.1) is 4.92 Å². The number of aromatic nitrogens is 2. The molecule has 0 saturated carbocycles. The van der Waals surface area contributed by atoms with Crippen LogP contribution in [0.15, 0.2) is 40.4 Å². The normalized spacial score (nSPS) is 10.3. The van der Waals surface area contributed by atoms with E-state index in [-0.39, 0.29) is 21.6 Å². The lowest BCUT2D eigenvalue weighted by atomic mass is 10.3. The van der Waals surface area contributed by atoms with Gasteiger partial charge in [0.25, 0.3) is 0 Å². The van der Waals surface area contributed by atoms with Crippen molar-refractivity contribution in [3.8, 4) is 0 Å². The first kappa shape index (κ1) is 14.2. The zero-order chi connectivity index (χ0) is 14.5. The molecular formula is C12H11FN4O2S. The lowest BCUT2D eigenvalue weighted by molar-refractivity contribution is -0.388. The Morgan fingerprint density at radius 2 is 2.20 bits per heavy atom. The minimum Gasteiger partial charge on any atom is -0.354 e. The molecule has 1 aromatic heterocycles. The number of rotatable bonds is 5. The fourth-order valence-electron chi connectivity index (χ4n) is 1.44. The number of hydrogen-bond acceptors (Lipinski definition) is 6. The highest BCUT2D eigenvalue weighted by atomic mass is 32.2. The van der Waals surface area contributed by atoms with E-state index >= 15 is 0 Å². The third-order valence-corrected chi connectivity index (χ3v) is 3.36. The highest BCUT2D eigenvalue weighted by molar-refractivity contribution is 7.99. The summed E-state index contributed by atoms with van der Waals surface area (Å²) in [6.07, 6.45) is 1.12. The van der Waals surface area contributed by atoms with Crippen molar-refractivity contribution in [3.05, 3.63) is 46.4 Å². The van der Waals surface area contributed by atoms with Crippen LogP contribution in [-0.2, 0) is 0 Å². The maximum absolute atomic E-state index is 13.6. The number of benzene rings is 1. The summed E-state index contributed by atoms with van der Waals surface area (Å²) in [7, 11) is 0. The van der Waals surface area contributed by atoms with E-state index in [0.29, 0.717) is 6.54 Å². The first-order valence-electron chi connectivity index (χ1n) is 5.79. The molecule has 6 nitrogen and oxygen atoms in total. The summed E-state index contributed by atoms with van der Waals surface area (Å²) in [5.74, 6) is -0.174. The molecule has 0 unspecified atom stereocenters. The zero-order valence-corrected chi connectivity index (χ0v) is 11.4. The van der Waals surface area contributed by atoms with E-state index < -0.39 is 10.7 Å². The molecule has 0 amide bonds. The van der Waals surface area contributed by atoms with Gasteiger partial charge in [0.1, 0.15) is 12.0 Å². The predicted octanol–water partition coefficient (Wildman–Crippen LogP) is 3.11. The SMILES string of the molecule is CCNc1ncc([N+](=O)[O-])c(Sc2ccccc2F)n1. The molecule has 104 valence electrons. The van der Waals surface area contributed by atoms with Gasteiger partial charge < -0.3 is 5.32 Å². The van der Waals surface area contributed by atoms with Crippen molar-refractivity contribution in [2.75, 3.05) is 11.9 Å². The molecule has 0 saturated heterocycles. The molecule has 0 spiro atoms. The van der Waals surface area contributed by atoms with Crippen molar-refractivity contribution in [3.63, 3.8) is 0 Å². The molecular weight excluding hydrogens is 283 g/mol. The largest absolute Gasteiger partial charge is 0.354 e. The highest BCUT2D eigenvalue weighted by Gasteiger charge is 2.19. The van der Waals surface area contributed by atoms with Crippen LogP contribution in [0.1, 0.15) is 6.92 Å². The molecule has 1 N–H and O–H groups in total. The van der Waals surface area contributed by atoms with Gasteiger partial charge in [-0.15, -0.1) is 0 Å². The smallest absolute Gasteiger partial charge is 0.320 e. The fourth-order valence-corrected chi connectivity index (χ4v) is 2.32. The van der Waals surface area contributed by atoms with E-state index in [4.69, 9.17) is 0 Å². The lowest BCUT2D eigenvalue weighted by Crippen LogP contribution is -2.04. The summed E-state index contributed by atoms with van der Waals surface area (Å²) >= 11 is 0.901. The van der Waals surface area contributed by atoms with Gasteiger partial charge in [-0.25, -0.2) is 9.37 Å². The quantitative estimate of drug-likeness (QED) is 0.518. The lowest BCUT2D eigenvalue weighted by Gasteiger charge is -2.05. The van der Waals surface area contributed by atoms with Gasteiger partial charge in [-0.1, -0.05) is 23.9 Å². The molecule has 0 aliphatic carbocycles. The number of halogens is 1. The van der Waals surface area contributed by atoms with Crippen molar-refractivity contribution >= 4 is 23.4 Å². The molecule has 20 heavy (non-hydrogen) atoms. The molecule has 2 aromatic rings. The van der Waals surface area contributed by atoms with E-state index in [1.807, 2.05) is 6.92 Å². The Labute approximate surface area is 118 Å². The average Bonchev–Trinajstić information content (AvgIpc) is 2.42. The number of hydrogen-bond donors (Lipinski definition) is 1. The zero-order valence-electron chi connectivity index (χ0n) is 10.5. The van der Waals surface area contributed by atoms with E-state index in [1.165, 1.54) is 6.07 Å². The van der Waals surface area contributed by atoms with Crippen LogP contribution >= 0.6 is 11.8 Å². The molecule has 0 bridgehead atoms. The number of nitrogens with zero attached hydrogens (tertiary/aromatic N) is 3. The van der Waals surface area contributed by atoms with E-state index in [0.717, 1.165) is 18.0 Å². The van der Waals surface area contributed by atoms with Crippen LogP contribution in [0.4, 0.5) is 16.0 Å². The van der Waals surface area contributed by atoms with Gasteiger partial charge >= 0.3 is 5.69 Å². The third-order valence-electron chi connectivity index (χ3n) is 2.31. The van der Waals surface area contributed by atoms with Gasteiger partial charge in [0.15, 0.2) is 5.03 Å². The van der Waals surface area contributed by atoms with Crippen molar-refractivity contribution < 1.29 is 9.31 Å². The molecule has 0 fully saturated rings. The van der Waals surface area contributed by atoms with E-state index in [2.05, 4.69) is 15.3 Å². The Kier molecular flexibility index (Phi) is 4.46. The molecule has 0 atom stereocenters. The van der Waals surface area contributed by atoms with Gasteiger partial charge in [0.2, 0.25) is 5.95 Å². The van der Waals surface area contributed by atoms with E-state index in [1.54, 1.807) is 18.2 Å². The predicted molar refractivity (Wildman–Crippen MR) is 73.4 cm³/mol. The van der Waals surface area contributed by atoms with Crippen LogP contribution in [0.3, 0.4) is 0 Å².